The van der Waals surface area contributed by atoms with Gasteiger partial charge in [0.2, 0.25) is 0 Å². The number of aromatic nitrogens is 1. The van der Waals surface area contributed by atoms with E-state index in [1.54, 1.807) is 19.2 Å². The molecule has 1 aromatic heterocycles. The van der Waals surface area contributed by atoms with Crippen LogP contribution in [0.15, 0.2) is 64.9 Å². The topological polar surface area (TPSA) is 63.6 Å². The molecule has 0 spiro atoms. The molecule has 26 heavy (non-hydrogen) atoms. The lowest BCUT2D eigenvalue weighted by Crippen LogP contribution is -2.33. The van der Waals surface area contributed by atoms with Crippen molar-refractivity contribution >= 4 is 23.4 Å². The number of hydrogen-bond acceptors (Lipinski definition) is 5. The summed E-state index contributed by atoms with van der Waals surface area (Å²) < 4.78 is 5.13. The molecular formula is C20H16ClN3O2. The maximum Gasteiger partial charge on any atom is 0.339 e. The van der Waals surface area contributed by atoms with Crippen LogP contribution in [-0.4, -0.2) is 23.4 Å². The summed E-state index contributed by atoms with van der Waals surface area (Å²) in [5, 5.41) is 3.64. The van der Waals surface area contributed by atoms with Gasteiger partial charge in [0.25, 0.3) is 0 Å². The molecule has 2 aromatic rings. The summed E-state index contributed by atoms with van der Waals surface area (Å²) in [5.41, 5.74) is 2.36. The zero-order valence-electron chi connectivity index (χ0n) is 14.1. The van der Waals surface area contributed by atoms with E-state index in [0.29, 0.717) is 33.4 Å². The Labute approximate surface area is 156 Å². The zero-order valence-corrected chi connectivity index (χ0v) is 14.8. The number of pyridine rings is 1. The number of esters is 1. The van der Waals surface area contributed by atoms with E-state index in [-0.39, 0.29) is 6.61 Å². The van der Waals surface area contributed by atoms with E-state index in [0.717, 1.165) is 0 Å². The van der Waals surface area contributed by atoms with E-state index >= 15 is 0 Å². The summed E-state index contributed by atoms with van der Waals surface area (Å²) in [5.74, 6) is 2.33. The Morgan fingerprint density at radius 2 is 2.08 bits per heavy atom. The second kappa shape index (κ2) is 7.85. The van der Waals surface area contributed by atoms with Gasteiger partial charge >= 0.3 is 5.97 Å². The van der Waals surface area contributed by atoms with E-state index < -0.39 is 12.0 Å². The quantitative estimate of drug-likeness (QED) is 0.667. The SMILES string of the molecule is C#CCOC(=O)C1=C(C)NC(c2ccccn2)=NC1c1ccccc1Cl. The zero-order chi connectivity index (χ0) is 18.5. The number of carbonyl (C=O) groups is 1. The first-order valence-electron chi connectivity index (χ1n) is 7.94. The van der Waals surface area contributed by atoms with Crippen molar-refractivity contribution < 1.29 is 9.53 Å². The van der Waals surface area contributed by atoms with Crippen LogP contribution in [0.3, 0.4) is 0 Å². The van der Waals surface area contributed by atoms with Gasteiger partial charge in [-0.25, -0.2) is 4.79 Å². The summed E-state index contributed by atoms with van der Waals surface area (Å²) in [4.78, 5) is 21.6. The Morgan fingerprint density at radius 1 is 1.31 bits per heavy atom. The van der Waals surface area contributed by atoms with Crippen LogP contribution in [0, 0.1) is 12.3 Å². The van der Waals surface area contributed by atoms with Crippen LogP contribution in [0.2, 0.25) is 5.02 Å². The molecule has 0 bridgehead atoms. The van der Waals surface area contributed by atoms with Crippen molar-refractivity contribution in [2.75, 3.05) is 6.61 Å². The number of rotatable bonds is 4. The van der Waals surface area contributed by atoms with Crippen LogP contribution in [0.4, 0.5) is 0 Å². The number of ether oxygens (including phenoxy) is 1. The van der Waals surface area contributed by atoms with E-state index in [1.165, 1.54) is 0 Å². The van der Waals surface area contributed by atoms with Crippen LogP contribution in [0.25, 0.3) is 0 Å². The Kier molecular flexibility index (Phi) is 5.35. The molecule has 1 atom stereocenters. The first kappa shape index (κ1) is 17.7. The van der Waals surface area contributed by atoms with Crippen molar-refractivity contribution in [3.8, 4) is 12.3 Å². The Hall–Kier alpha value is -3.10. The molecule has 1 aliphatic heterocycles. The molecule has 1 aromatic carbocycles. The second-order valence-corrected chi connectivity index (χ2v) is 5.97. The van der Waals surface area contributed by atoms with Gasteiger partial charge < -0.3 is 10.1 Å². The number of carbonyl (C=O) groups excluding carboxylic acids is 1. The minimum atomic E-state index is -0.618. The third kappa shape index (κ3) is 3.61. The van der Waals surface area contributed by atoms with Crippen molar-refractivity contribution in [2.24, 2.45) is 4.99 Å². The molecule has 1 N–H and O–H groups in total. The number of halogens is 1. The average molecular weight is 366 g/mol. The lowest BCUT2D eigenvalue weighted by molar-refractivity contribution is -0.138. The molecule has 1 unspecified atom stereocenters. The summed E-state index contributed by atoms with van der Waals surface area (Å²) in [7, 11) is 0. The molecule has 2 heterocycles. The maximum absolute atomic E-state index is 12.6. The lowest BCUT2D eigenvalue weighted by atomic mass is 9.95. The number of aliphatic imine (C=N–C) groups is 1. The smallest absolute Gasteiger partial charge is 0.339 e. The van der Waals surface area contributed by atoms with Crippen LogP contribution >= 0.6 is 11.6 Å². The van der Waals surface area contributed by atoms with Gasteiger partial charge in [0.05, 0.1) is 5.57 Å². The van der Waals surface area contributed by atoms with Gasteiger partial charge in [-0.2, -0.15) is 0 Å². The van der Waals surface area contributed by atoms with Crippen LogP contribution < -0.4 is 5.32 Å². The molecule has 0 fully saturated rings. The van der Waals surface area contributed by atoms with Crippen molar-refractivity contribution in [1.29, 1.82) is 0 Å². The molecule has 0 saturated carbocycles. The fourth-order valence-corrected chi connectivity index (χ4v) is 2.92. The largest absolute Gasteiger partial charge is 0.449 e. The molecule has 130 valence electrons. The number of hydrogen-bond donors (Lipinski definition) is 1. The predicted octanol–water partition coefficient (Wildman–Crippen LogP) is 3.28. The Morgan fingerprint density at radius 3 is 2.77 bits per heavy atom. The molecule has 3 rings (SSSR count). The van der Waals surface area contributed by atoms with E-state index in [2.05, 4.69) is 16.2 Å². The third-order valence-corrected chi connectivity index (χ3v) is 4.20. The molecule has 0 aliphatic carbocycles. The van der Waals surface area contributed by atoms with Crippen molar-refractivity contribution in [3.05, 3.63) is 76.2 Å². The first-order valence-corrected chi connectivity index (χ1v) is 8.31. The van der Waals surface area contributed by atoms with Gasteiger partial charge in [0.15, 0.2) is 12.4 Å². The predicted molar refractivity (Wildman–Crippen MR) is 101 cm³/mol. The van der Waals surface area contributed by atoms with E-state index in [9.17, 15) is 4.79 Å². The number of nitrogens with one attached hydrogen (secondary N) is 1. The van der Waals surface area contributed by atoms with Crippen molar-refractivity contribution in [3.63, 3.8) is 0 Å². The lowest BCUT2D eigenvalue weighted by Gasteiger charge is -2.26. The average Bonchev–Trinajstić information content (AvgIpc) is 2.66. The Balaban J connectivity index is 2.08. The minimum absolute atomic E-state index is 0.109. The molecule has 1 aliphatic rings. The van der Waals surface area contributed by atoms with Gasteiger partial charge in [-0.3, -0.25) is 9.98 Å². The normalized spacial score (nSPS) is 16.3. The van der Waals surface area contributed by atoms with Crippen LogP contribution in [0.1, 0.15) is 24.2 Å². The van der Waals surface area contributed by atoms with E-state index in [1.807, 2.05) is 36.4 Å². The van der Waals surface area contributed by atoms with Crippen molar-refractivity contribution in [1.82, 2.24) is 10.3 Å². The number of allylic oxidation sites excluding steroid dienone is 1. The highest BCUT2D eigenvalue weighted by Crippen LogP contribution is 2.35. The molecule has 0 radical (unpaired) electrons. The summed E-state index contributed by atoms with van der Waals surface area (Å²) >= 11 is 6.36. The van der Waals surface area contributed by atoms with Crippen LogP contribution in [0.5, 0.6) is 0 Å². The maximum atomic E-state index is 12.6. The molecule has 5 nitrogen and oxygen atoms in total. The number of benzene rings is 1. The summed E-state index contributed by atoms with van der Waals surface area (Å²) in [6.45, 7) is 1.68. The summed E-state index contributed by atoms with van der Waals surface area (Å²) in [6.07, 6.45) is 6.87. The highest BCUT2D eigenvalue weighted by Gasteiger charge is 2.32. The van der Waals surface area contributed by atoms with Gasteiger partial charge in [-0.1, -0.05) is 41.8 Å². The minimum Gasteiger partial charge on any atom is -0.449 e. The highest BCUT2D eigenvalue weighted by atomic mass is 35.5. The third-order valence-electron chi connectivity index (χ3n) is 3.86. The number of terminal acetylenes is 1. The number of nitrogens with zero attached hydrogens (tertiary/aromatic N) is 2. The van der Waals surface area contributed by atoms with Crippen LogP contribution in [-0.2, 0) is 9.53 Å². The van der Waals surface area contributed by atoms with E-state index in [4.69, 9.17) is 27.8 Å². The monoisotopic (exact) mass is 365 g/mol. The molecule has 0 amide bonds. The summed E-state index contributed by atoms with van der Waals surface area (Å²) in [6, 6.07) is 12.2. The van der Waals surface area contributed by atoms with Gasteiger partial charge in [-0.15, -0.1) is 6.42 Å². The van der Waals surface area contributed by atoms with Crippen molar-refractivity contribution in [2.45, 2.75) is 13.0 Å². The highest BCUT2D eigenvalue weighted by molar-refractivity contribution is 6.31. The standard InChI is InChI=1S/C20H16ClN3O2/c1-3-12-26-20(25)17-13(2)23-19(16-10-6-7-11-22-16)24-18(17)14-8-4-5-9-15(14)21/h1,4-11,18H,12H2,2H3,(H,23,24). The Bertz CT molecular complexity index is 930. The molecule has 0 saturated heterocycles. The fraction of sp³-hybridized carbons (Fsp3) is 0.150. The molecular weight excluding hydrogens is 350 g/mol. The van der Waals surface area contributed by atoms with Gasteiger partial charge in [0, 0.05) is 22.5 Å². The van der Waals surface area contributed by atoms with Gasteiger partial charge in [-0.05, 0) is 25.1 Å². The van der Waals surface area contributed by atoms with Gasteiger partial charge in [0.1, 0.15) is 11.7 Å². The second-order valence-electron chi connectivity index (χ2n) is 5.56. The molecule has 6 heteroatoms. The number of amidine groups is 1. The first-order chi connectivity index (χ1) is 12.6. The fourth-order valence-electron chi connectivity index (χ4n) is 2.68.